The summed E-state index contributed by atoms with van der Waals surface area (Å²) in [5.74, 6) is -0.0282. The third kappa shape index (κ3) is 3.68. The zero-order valence-electron chi connectivity index (χ0n) is 11.3. The molecule has 0 unspecified atom stereocenters. The third-order valence-electron chi connectivity index (χ3n) is 3.38. The summed E-state index contributed by atoms with van der Waals surface area (Å²) in [6, 6.07) is 6.81. The van der Waals surface area contributed by atoms with Gasteiger partial charge in [0.2, 0.25) is 0 Å². The van der Waals surface area contributed by atoms with Gasteiger partial charge in [-0.05, 0) is 24.5 Å². The maximum atomic E-state index is 13.9. The lowest BCUT2D eigenvalue weighted by Crippen LogP contribution is -2.20. The highest BCUT2D eigenvalue weighted by Crippen LogP contribution is 2.20. The van der Waals surface area contributed by atoms with Crippen LogP contribution in [0.4, 0.5) is 4.39 Å². The van der Waals surface area contributed by atoms with Crippen LogP contribution in [-0.2, 0) is 13.0 Å². The average molecular weight is 308 g/mol. The predicted molar refractivity (Wildman–Crippen MR) is 78.9 cm³/mol. The molecule has 6 heteroatoms. The van der Waals surface area contributed by atoms with Gasteiger partial charge in [0.15, 0.2) is 0 Å². The Morgan fingerprint density at radius 1 is 1.43 bits per heavy atom. The first kappa shape index (κ1) is 14.2. The van der Waals surface area contributed by atoms with Crippen LogP contribution >= 0.6 is 11.6 Å². The van der Waals surface area contributed by atoms with Crippen molar-refractivity contribution in [2.75, 3.05) is 0 Å². The molecular weight excluding hydrogens is 293 g/mol. The minimum atomic E-state index is -0.469. The summed E-state index contributed by atoms with van der Waals surface area (Å²) in [6.45, 7) is 0.555. The van der Waals surface area contributed by atoms with Gasteiger partial charge in [0.25, 0.3) is 5.56 Å². The molecule has 1 heterocycles. The molecule has 0 amide bonds. The van der Waals surface area contributed by atoms with E-state index in [0.717, 1.165) is 0 Å². The number of nitrogens with one attached hydrogen (secondary N) is 2. The molecule has 1 aliphatic carbocycles. The summed E-state index contributed by atoms with van der Waals surface area (Å²) in [5, 5.41) is 3.37. The molecule has 21 heavy (non-hydrogen) atoms. The highest BCUT2D eigenvalue weighted by molar-refractivity contribution is 6.30. The zero-order valence-corrected chi connectivity index (χ0v) is 12.1. The fraction of sp³-hybridized carbons (Fsp3) is 0.333. The van der Waals surface area contributed by atoms with E-state index in [2.05, 4.69) is 15.3 Å². The molecule has 1 aromatic heterocycles. The molecular formula is C15H15ClFN3O. The molecule has 0 spiro atoms. The standard InChI is InChI=1S/C15H15ClFN3O/c16-12-3-1-2-9(15(12)17)6-13-19-11(7-14(21)20-13)8-18-10-4-5-10/h1-3,7,10,18H,4-6,8H2,(H,19,20,21). The summed E-state index contributed by atoms with van der Waals surface area (Å²) in [7, 11) is 0. The van der Waals surface area contributed by atoms with Gasteiger partial charge in [-0.2, -0.15) is 0 Å². The van der Waals surface area contributed by atoms with E-state index in [1.807, 2.05) is 0 Å². The second-order valence-corrected chi connectivity index (χ2v) is 5.64. The van der Waals surface area contributed by atoms with E-state index in [1.54, 1.807) is 12.1 Å². The summed E-state index contributed by atoms with van der Waals surface area (Å²) in [5.41, 5.74) is 0.857. The molecule has 4 nitrogen and oxygen atoms in total. The lowest BCUT2D eigenvalue weighted by Gasteiger charge is -2.07. The summed E-state index contributed by atoms with van der Waals surface area (Å²) in [4.78, 5) is 18.7. The number of rotatable bonds is 5. The first-order valence-corrected chi connectivity index (χ1v) is 7.25. The number of hydrogen-bond acceptors (Lipinski definition) is 3. The third-order valence-corrected chi connectivity index (χ3v) is 3.67. The van der Waals surface area contributed by atoms with Crippen LogP contribution in [0.5, 0.6) is 0 Å². The van der Waals surface area contributed by atoms with Crippen molar-refractivity contribution in [3.05, 3.63) is 62.5 Å². The largest absolute Gasteiger partial charge is 0.310 e. The normalized spacial score (nSPS) is 14.4. The van der Waals surface area contributed by atoms with Gasteiger partial charge < -0.3 is 10.3 Å². The van der Waals surface area contributed by atoms with Crippen LogP contribution in [0, 0.1) is 5.82 Å². The Kier molecular flexibility index (Phi) is 4.03. The highest BCUT2D eigenvalue weighted by atomic mass is 35.5. The second-order valence-electron chi connectivity index (χ2n) is 5.23. The van der Waals surface area contributed by atoms with Gasteiger partial charge in [0, 0.05) is 25.1 Å². The zero-order chi connectivity index (χ0) is 14.8. The summed E-state index contributed by atoms with van der Waals surface area (Å²) in [6.07, 6.45) is 2.55. The van der Waals surface area contributed by atoms with Crippen LogP contribution < -0.4 is 10.9 Å². The van der Waals surface area contributed by atoms with Crippen LogP contribution in [0.3, 0.4) is 0 Å². The number of H-pyrrole nitrogens is 1. The second kappa shape index (κ2) is 5.95. The molecule has 1 fully saturated rings. The van der Waals surface area contributed by atoms with E-state index in [0.29, 0.717) is 29.7 Å². The molecule has 3 rings (SSSR count). The van der Waals surface area contributed by atoms with E-state index < -0.39 is 5.82 Å². The molecule has 1 aromatic carbocycles. The number of aromatic nitrogens is 2. The number of benzene rings is 1. The van der Waals surface area contributed by atoms with Crippen molar-refractivity contribution in [2.24, 2.45) is 0 Å². The first-order chi connectivity index (χ1) is 10.1. The van der Waals surface area contributed by atoms with E-state index in [4.69, 9.17) is 11.6 Å². The van der Waals surface area contributed by atoms with Crippen LogP contribution in [0.2, 0.25) is 5.02 Å². The van der Waals surface area contributed by atoms with Crippen LogP contribution in [-0.4, -0.2) is 16.0 Å². The average Bonchev–Trinajstić information content (AvgIpc) is 3.25. The predicted octanol–water partition coefficient (Wildman–Crippen LogP) is 2.41. The van der Waals surface area contributed by atoms with Crippen molar-refractivity contribution in [1.82, 2.24) is 15.3 Å². The Labute approximate surface area is 126 Å². The Hall–Kier alpha value is -1.72. The van der Waals surface area contributed by atoms with E-state index in [1.165, 1.54) is 25.0 Å². The molecule has 0 saturated heterocycles. The number of aromatic amines is 1. The van der Waals surface area contributed by atoms with Gasteiger partial charge in [0.05, 0.1) is 10.7 Å². The number of halogens is 2. The van der Waals surface area contributed by atoms with E-state index in [9.17, 15) is 9.18 Å². The molecule has 0 bridgehead atoms. The Morgan fingerprint density at radius 3 is 3.00 bits per heavy atom. The molecule has 0 atom stereocenters. The SMILES string of the molecule is O=c1cc(CNC2CC2)nc(Cc2cccc(Cl)c2F)[nH]1. The fourth-order valence-electron chi connectivity index (χ4n) is 2.14. The van der Waals surface area contributed by atoms with Crippen LogP contribution in [0.1, 0.15) is 29.9 Å². The molecule has 1 saturated carbocycles. The van der Waals surface area contributed by atoms with E-state index >= 15 is 0 Å². The Bertz CT molecular complexity index is 712. The summed E-state index contributed by atoms with van der Waals surface area (Å²) < 4.78 is 13.9. The Morgan fingerprint density at radius 2 is 2.24 bits per heavy atom. The van der Waals surface area contributed by atoms with Gasteiger partial charge in [-0.1, -0.05) is 23.7 Å². The molecule has 2 N–H and O–H groups in total. The van der Waals surface area contributed by atoms with Crippen LogP contribution in [0.25, 0.3) is 0 Å². The highest BCUT2D eigenvalue weighted by Gasteiger charge is 2.20. The molecule has 110 valence electrons. The van der Waals surface area contributed by atoms with Crippen molar-refractivity contribution in [1.29, 1.82) is 0 Å². The van der Waals surface area contributed by atoms with Crippen molar-refractivity contribution >= 4 is 11.6 Å². The maximum Gasteiger partial charge on any atom is 0.251 e. The van der Waals surface area contributed by atoms with Crippen molar-refractivity contribution in [3.8, 4) is 0 Å². The lowest BCUT2D eigenvalue weighted by atomic mass is 10.1. The van der Waals surface area contributed by atoms with Crippen LogP contribution in [0.15, 0.2) is 29.1 Å². The van der Waals surface area contributed by atoms with Gasteiger partial charge in [0.1, 0.15) is 11.6 Å². The van der Waals surface area contributed by atoms with Gasteiger partial charge in [-0.25, -0.2) is 9.37 Å². The monoisotopic (exact) mass is 307 g/mol. The van der Waals surface area contributed by atoms with Crippen molar-refractivity contribution in [3.63, 3.8) is 0 Å². The fourth-order valence-corrected chi connectivity index (χ4v) is 2.33. The maximum absolute atomic E-state index is 13.9. The van der Waals surface area contributed by atoms with Crippen molar-refractivity contribution in [2.45, 2.75) is 31.8 Å². The minimum Gasteiger partial charge on any atom is -0.310 e. The molecule has 2 aromatic rings. The van der Waals surface area contributed by atoms with Gasteiger partial charge in [-0.3, -0.25) is 4.79 Å². The van der Waals surface area contributed by atoms with E-state index in [-0.39, 0.29) is 17.0 Å². The molecule has 1 aliphatic rings. The molecule has 0 aliphatic heterocycles. The lowest BCUT2D eigenvalue weighted by molar-refractivity contribution is 0.611. The smallest absolute Gasteiger partial charge is 0.251 e. The summed E-state index contributed by atoms with van der Waals surface area (Å²) >= 11 is 5.76. The topological polar surface area (TPSA) is 57.8 Å². The van der Waals surface area contributed by atoms with Gasteiger partial charge in [-0.15, -0.1) is 0 Å². The quantitative estimate of drug-likeness (QED) is 0.892. The number of hydrogen-bond donors (Lipinski definition) is 2. The number of nitrogens with zero attached hydrogens (tertiary/aromatic N) is 1. The minimum absolute atomic E-state index is 0.0707. The Balaban J connectivity index is 1.80. The first-order valence-electron chi connectivity index (χ1n) is 6.87. The molecule has 0 radical (unpaired) electrons. The van der Waals surface area contributed by atoms with Gasteiger partial charge >= 0.3 is 0 Å². The van der Waals surface area contributed by atoms with Crippen molar-refractivity contribution < 1.29 is 4.39 Å².